The molecule has 1 aromatic rings. The first kappa shape index (κ1) is 16.9. The van der Waals surface area contributed by atoms with Crippen LogP contribution in [-0.4, -0.2) is 33.8 Å². The Bertz CT molecular complexity index is 572. The molecular formula is C15H22N2O4. The molecule has 0 bridgehead atoms. The molecule has 0 unspecified atom stereocenters. The summed E-state index contributed by atoms with van der Waals surface area (Å²) in [5, 5.41) is 11.6. The molecule has 0 radical (unpaired) electrons. The van der Waals surface area contributed by atoms with Crippen LogP contribution in [0.25, 0.3) is 0 Å². The van der Waals surface area contributed by atoms with Crippen LogP contribution in [-0.2, 0) is 11.2 Å². The molecule has 6 nitrogen and oxygen atoms in total. The number of aromatic amines is 1. The van der Waals surface area contributed by atoms with Crippen molar-refractivity contribution in [3.05, 3.63) is 22.5 Å². The van der Waals surface area contributed by atoms with E-state index in [0.29, 0.717) is 23.2 Å². The Hall–Kier alpha value is -2.11. The van der Waals surface area contributed by atoms with Gasteiger partial charge in [0.05, 0.1) is 0 Å². The number of Topliss-reactive ketones (excluding diaryl/α,β-unsaturated/α-hetero) is 1. The molecule has 0 fully saturated rings. The Morgan fingerprint density at radius 1 is 1.29 bits per heavy atom. The van der Waals surface area contributed by atoms with Gasteiger partial charge in [-0.3, -0.25) is 9.59 Å². The molecule has 3 N–H and O–H groups in total. The standard InChI is InChI=1S/C15H22N2O4/c1-6-10-11(9(5)18)8(4)16-13(10)14(19)17-12(7(2)3)15(20)21/h7,12,16H,6H2,1-5H3,(H,17,19)(H,20,21)/t12-/m1/s1. The smallest absolute Gasteiger partial charge is 0.326 e. The first-order valence-electron chi connectivity index (χ1n) is 6.96. The lowest BCUT2D eigenvalue weighted by Crippen LogP contribution is -2.44. The Morgan fingerprint density at radius 3 is 2.24 bits per heavy atom. The Morgan fingerprint density at radius 2 is 1.86 bits per heavy atom. The van der Waals surface area contributed by atoms with Gasteiger partial charge in [0.1, 0.15) is 11.7 Å². The Labute approximate surface area is 123 Å². The van der Waals surface area contributed by atoms with Crippen LogP contribution in [0.5, 0.6) is 0 Å². The van der Waals surface area contributed by atoms with Crippen LogP contribution in [0.2, 0.25) is 0 Å². The summed E-state index contributed by atoms with van der Waals surface area (Å²) in [7, 11) is 0. The summed E-state index contributed by atoms with van der Waals surface area (Å²) in [6.07, 6.45) is 0.515. The van der Waals surface area contributed by atoms with Crippen molar-refractivity contribution in [2.45, 2.75) is 47.1 Å². The van der Waals surface area contributed by atoms with E-state index in [4.69, 9.17) is 5.11 Å². The van der Waals surface area contributed by atoms with Crippen molar-refractivity contribution in [2.24, 2.45) is 5.92 Å². The van der Waals surface area contributed by atoms with Crippen molar-refractivity contribution in [2.75, 3.05) is 0 Å². The number of nitrogens with one attached hydrogen (secondary N) is 2. The van der Waals surface area contributed by atoms with E-state index in [-0.39, 0.29) is 17.4 Å². The fraction of sp³-hybridized carbons (Fsp3) is 0.533. The second kappa shape index (κ2) is 6.56. The van der Waals surface area contributed by atoms with Crippen LogP contribution in [0, 0.1) is 12.8 Å². The van der Waals surface area contributed by atoms with E-state index in [0.717, 1.165) is 0 Å². The molecule has 1 atom stereocenters. The van der Waals surface area contributed by atoms with E-state index in [1.165, 1.54) is 6.92 Å². The zero-order chi connectivity index (χ0) is 16.3. The first-order valence-corrected chi connectivity index (χ1v) is 6.96. The van der Waals surface area contributed by atoms with E-state index >= 15 is 0 Å². The Balaban J connectivity index is 3.16. The summed E-state index contributed by atoms with van der Waals surface area (Å²) in [6.45, 7) is 8.47. The number of rotatable bonds is 6. The highest BCUT2D eigenvalue weighted by Gasteiger charge is 2.27. The molecule has 0 aromatic carbocycles. The SMILES string of the molecule is CCc1c(C(=O)N[C@@H](C(=O)O)C(C)C)[nH]c(C)c1C(C)=O. The minimum Gasteiger partial charge on any atom is -0.480 e. The number of carboxylic acid groups (broad SMARTS) is 1. The lowest BCUT2D eigenvalue weighted by atomic mass is 10.0. The van der Waals surface area contributed by atoms with Crippen molar-refractivity contribution in [1.82, 2.24) is 10.3 Å². The van der Waals surface area contributed by atoms with Gasteiger partial charge < -0.3 is 15.4 Å². The van der Waals surface area contributed by atoms with E-state index in [1.54, 1.807) is 20.8 Å². The Kier molecular flexibility index (Phi) is 5.29. The number of aryl methyl sites for hydroxylation is 1. The maximum Gasteiger partial charge on any atom is 0.326 e. The van der Waals surface area contributed by atoms with Gasteiger partial charge in [-0.25, -0.2) is 4.79 Å². The third kappa shape index (κ3) is 3.51. The van der Waals surface area contributed by atoms with Crippen LogP contribution in [0.1, 0.15) is 59.8 Å². The minimum absolute atomic E-state index is 0.113. The lowest BCUT2D eigenvalue weighted by molar-refractivity contribution is -0.140. The number of amides is 1. The number of carbonyl (C=O) groups excluding carboxylic acids is 2. The van der Waals surface area contributed by atoms with Crippen LogP contribution < -0.4 is 5.32 Å². The summed E-state index contributed by atoms with van der Waals surface area (Å²) in [6, 6.07) is -0.966. The zero-order valence-corrected chi connectivity index (χ0v) is 13.0. The number of H-pyrrole nitrogens is 1. The van der Waals surface area contributed by atoms with Gasteiger partial charge in [0.25, 0.3) is 5.91 Å². The van der Waals surface area contributed by atoms with E-state index in [1.807, 2.05) is 6.92 Å². The van der Waals surface area contributed by atoms with E-state index in [2.05, 4.69) is 10.3 Å². The fourth-order valence-electron chi connectivity index (χ4n) is 2.43. The van der Waals surface area contributed by atoms with Crippen LogP contribution in [0.3, 0.4) is 0 Å². The molecule has 0 spiro atoms. The molecule has 0 aliphatic heterocycles. The number of aliphatic carboxylic acids is 1. The number of aromatic nitrogens is 1. The number of carboxylic acids is 1. The number of carbonyl (C=O) groups is 3. The summed E-state index contributed by atoms with van der Waals surface area (Å²) < 4.78 is 0. The lowest BCUT2D eigenvalue weighted by Gasteiger charge is -2.17. The summed E-state index contributed by atoms with van der Waals surface area (Å²) in [4.78, 5) is 38.1. The fourth-order valence-corrected chi connectivity index (χ4v) is 2.43. The van der Waals surface area contributed by atoms with Gasteiger partial charge in [-0.15, -0.1) is 0 Å². The van der Waals surface area contributed by atoms with E-state index in [9.17, 15) is 14.4 Å². The highest BCUT2D eigenvalue weighted by atomic mass is 16.4. The van der Waals surface area contributed by atoms with Gasteiger partial charge in [0.2, 0.25) is 0 Å². The molecule has 116 valence electrons. The molecule has 1 rings (SSSR count). The van der Waals surface area contributed by atoms with Gasteiger partial charge in [-0.2, -0.15) is 0 Å². The number of ketones is 1. The third-order valence-electron chi connectivity index (χ3n) is 3.44. The quantitative estimate of drug-likeness (QED) is 0.698. The van der Waals surface area contributed by atoms with Crippen molar-refractivity contribution in [3.8, 4) is 0 Å². The predicted octanol–water partition coefficient (Wildman–Crippen LogP) is 1.93. The van der Waals surface area contributed by atoms with Gasteiger partial charge in [0, 0.05) is 11.3 Å². The molecule has 1 aromatic heterocycles. The molecule has 6 heteroatoms. The normalized spacial score (nSPS) is 12.3. The van der Waals surface area contributed by atoms with Gasteiger partial charge in [-0.05, 0) is 31.7 Å². The first-order chi connectivity index (χ1) is 9.70. The molecule has 1 heterocycles. The maximum atomic E-state index is 12.3. The minimum atomic E-state index is -1.08. The molecular weight excluding hydrogens is 272 g/mol. The van der Waals surface area contributed by atoms with Gasteiger partial charge in [0.15, 0.2) is 5.78 Å². The molecule has 0 saturated heterocycles. The second-order valence-electron chi connectivity index (χ2n) is 5.42. The van der Waals surface area contributed by atoms with Crippen LogP contribution in [0.4, 0.5) is 0 Å². The molecule has 0 aliphatic carbocycles. The van der Waals surface area contributed by atoms with Crippen LogP contribution in [0.15, 0.2) is 0 Å². The molecule has 1 amide bonds. The van der Waals surface area contributed by atoms with Gasteiger partial charge in [-0.1, -0.05) is 20.8 Å². The van der Waals surface area contributed by atoms with Crippen molar-refractivity contribution in [3.63, 3.8) is 0 Å². The molecule has 0 aliphatic rings. The number of hydrogen-bond donors (Lipinski definition) is 3. The topological polar surface area (TPSA) is 99.3 Å². The van der Waals surface area contributed by atoms with Crippen molar-refractivity contribution < 1.29 is 19.5 Å². The van der Waals surface area contributed by atoms with Crippen LogP contribution >= 0.6 is 0 Å². The molecule has 21 heavy (non-hydrogen) atoms. The molecule has 0 saturated carbocycles. The highest BCUT2D eigenvalue weighted by molar-refractivity contribution is 6.03. The second-order valence-corrected chi connectivity index (χ2v) is 5.42. The van der Waals surface area contributed by atoms with Crippen molar-refractivity contribution in [1.29, 1.82) is 0 Å². The highest BCUT2D eigenvalue weighted by Crippen LogP contribution is 2.20. The van der Waals surface area contributed by atoms with Crippen molar-refractivity contribution >= 4 is 17.7 Å². The third-order valence-corrected chi connectivity index (χ3v) is 3.44. The average Bonchev–Trinajstić information content (AvgIpc) is 2.71. The largest absolute Gasteiger partial charge is 0.480 e. The summed E-state index contributed by atoms with van der Waals surface area (Å²) in [5.41, 5.74) is 2.04. The summed E-state index contributed by atoms with van der Waals surface area (Å²) in [5.74, 6) is -1.92. The van der Waals surface area contributed by atoms with E-state index < -0.39 is 17.9 Å². The maximum absolute atomic E-state index is 12.3. The number of hydrogen-bond acceptors (Lipinski definition) is 3. The monoisotopic (exact) mass is 294 g/mol. The summed E-state index contributed by atoms with van der Waals surface area (Å²) >= 11 is 0. The van der Waals surface area contributed by atoms with Gasteiger partial charge >= 0.3 is 5.97 Å². The predicted molar refractivity (Wildman–Crippen MR) is 78.6 cm³/mol. The average molecular weight is 294 g/mol. The zero-order valence-electron chi connectivity index (χ0n) is 13.0.